The van der Waals surface area contributed by atoms with E-state index in [4.69, 9.17) is 14.0 Å². The fourth-order valence-electron chi connectivity index (χ4n) is 2.10. The van der Waals surface area contributed by atoms with Crippen molar-refractivity contribution in [3.63, 3.8) is 0 Å². The first-order chi connectivity index (χ1) is 13.5. The summed E-state index contributed by atoms with van der Waals surface area (Å²) in [6.45, 7) is 4.51. The molecule has 1 heterocycles. The Hall–Kier alpha value is -1.98. The van der Waals surface area contributed by atoms with Crippen LogP contribution in [0, 0.1) is 0 Å². The van der Waals surface area contributed by atoms with E-state index in [9.17, 15) is 28.4 Å². The number of rotatable bonds is 12. The van der Waals surface area contributed by atoms with Gasteiger partial charge in [-0.15, -0.1) is 4.52 Å². The van der Waals surface area contributed by atoms with Crippen molar-refractivity contribution in [1.82, 2.24) is 14.6 Å². The van der Waals surface area contributed by atoms with E-state index in [1.165, 1.54) is 20.0 Å². The van der Waals surface area contributed by atoms with Gasteiger partial charge in [-0.1, -0.05) is 5.09 Å². The van der Waals surface area contributed by atoms with Gasteiger partial charge in [0.1, 0.15) is 37.8 Å². The van der Waals surface area contributed by atoms with Crippen LogP contribution < -0.4 is 16.3 Å². The van der Waals surface area contributed by atoms with Crippen molar-refractivity contribution in [2.24, 2.45) is 0 Å². The van der Waals surface area contributed by atoms with Crippen LogP contribution in [0.25, 0.3) is 0 Å². The summed E-state index contributed by atoms with van der Waals surface area (Å²) >= 11 is 0. The lowest BCUT2D eigenvalue weighted by atomic mass is 10.2. The highest BCUT2D eigenvalue weighted by molar-refractivity contribution is 7.36. The fourth-order valence-corrected chi connectivity index (χ4v) is 2.87. The minimum atomic E-state index is -2.56. The monoisotopic (exact) mass is 438 g/mol. The molecule has 3 N–H and O–H groups in total. The number of hydrogen-bond donors (Lipinski definition) is 3. The van der Waals surface area contributed by atoms with Gasteiger partial charge in [-0.3, -0.25) is 19.1 Å². The first kappa shape index (κ1) is 25.1. The molecule has 0 aliphatic rings. The van der Waals surface area contributed by atoms with E-state index in [-0.39, 0.29) is 6.10 Å². The third-order valence-electron chi connectivity index (χ3n) is 3.56. The summed E-state index contributed by atoms with van der Waals surface area (Å²) in [5, 5.41) is 12.2. The molecule has 1 rings (SSSR count). The summed E-state index contributed by atoms with van der Waals surface area (Å²) in [4.78, 5) is 36.6. The third-order valence-corrected chi connectivity index (χ3v) is 4.54. The maximum atomic E-state index is 12.9. The number of aromatic nitrogens is 2. The van der Waals surface area contributed by atoms with E-state index in [0.717, 1.165) is 10.6 Å². The molecule has 11 nitrogen and oxygen atoms in total. The number of aliphatic hydroxyl groups is 1. The summed E-state index contributed by atoms with van der Waals surface area (Å²) in [5.74, 6) is -0.630. The number of alkyl halides is 1. The molecule has 29 heavy (non-hydrogen) atoms. The van der Waals surface area contributed by atoms with Crippen molar-refractivity contribution in [2.45, 2.75) is 58.3 Å². The van der Waals surface area contributed by atoms with Crippen molar-refractivity contribution in [2.75, 3.05) is 13.3 Å². The van der Waals surface area contributed by atoms with E-state index in [2.05, 4.69) is 5.09 Å². The van der Waals surface area contributed by atoms with Gasteiger partial charge < -0.3 is 14.6 Å². The van der Waals surface area contributed by atoms with Crippen LogP contribution in [0.15, 0.2) is 21.9 Å². The zero-order valence-electron chi connectivity index (χ0n) is 16.5. The average Bonchev–Trinajstić information content (AvgIpc) is 2.63. The van der Waals surface area contributed by atoms with Crippen LogP contribution in [0.4, 0.5) is 4.39 Å². The molecule has 0 aliphatic carbocycles. The summed E-state index contributed by atoms with van der Waals surface area (Å²) < 4.78 is 41.4. The van der Waals surface area contributed by atoms with Gasteiger partial charge in [0.15, 0.2) is 0 Å². The third kappa shape index (κ3) is 8.50. The number of hydrogen-bond acceptors (Lipinski definition) is 8. The normalized spacial score (nSPS) is 16.2. The molecule has 0 spiro atoms. The predicted molar refractivity (Wildman–Crippen MR) is 100 cm³/mol. The summed E-state index contributed by atoms with van der Waals surface area (Å²) in [7, 11) is -2.56. The average molecular weight is 438 g/mol. The number of carbonyl (C=O) groups is 1. The van der Waals surface area contributed by atoms with Crippen LogP contribution in [-0.2, 0) is 23.4 Å². The van der Waals surface area contributed by atoms with Gasteiger partial charge in [0.05, 0.1) is 6.10 Å². The lowest BCUT2D eigenvalue weighted by molar-refractivity contribution is -0.149. The minimum absolute atomic E-state index is 0.346. The lowest BCUT2D eigenvalue weighted by Gasteiger charge is -2.24. The number of aliphatic hydroxyl groups excluding tert-OH is 1. The Balaban J connectivity index is 2.69. The second kappa shape index (κ2) is 11.9. The van der Waals surface area contributed by atoms with Gasteiger partial charge in [0, 0.05) is 12.3 Å². The Morgan fingerprint density at radius 1 is 1.34 bits per heavy atom. The Morgan fingerprint density at radius 3 is 2.55 bits per heavy atom. The molecule has 0 bridgehead atoms. The molecule has 0 fully saturated rings. The number of nitrogens with one attached hydrogen (secondary N) is 2. The molecule has 0 aromatic carbocycles. The van der Waals surface area contributed by atoms with Crippen molar-refractivity contribution in [1.29, 1.82) is 0 Å². The van der Waals surface area contributed by atoms with Gasteiger partial charge >= 0.3 is 19.8 Å². The number of esters is 1. The van der Waals surface area contributed by atoms with Gasteiger partial charge in [0.25, 0.3) is 5.56 Å². The summed E-state index contributed by atoms with van der Waals surface area (Å²) in [5.41, 5.74) is -1.36. The van der Waals surface area contributed by atoms with Crippen molar-refractivity contribution in [3.05, 3.63) is 33.1 Å². The van der Waals surface area contributed by atoms with E-state index in [1.54, 1.807) is 13.8 Å². The van der Waals surface area contributed by atoms with Crippen LogP contribution in [0.2, 0.25) is 0 Å². The van der Waals surface area contributed by atoms with Gasteiger partial charge in [0.2, 0.25) is 0 Å². The Labute approximate surface area is 167 Å². The van der Waals surface area contributed by atoms with Crippen LogP contribution in [0.5, 0.6) is 0 Å². The van der Waals surface area contributed by atoms with E-state index < -0.39 is 63.2 Å². The molecule has 5 atom stereocenters. The summed E-state index contributed by atoms with van der Waals surface area (Å²) in [6, 6.07) is 0.168. The molecule has 0 amide bonds. The number of carbonyl (C=O) groups excluding carboxylic acids is 1. The molecule has 13 heteroatoms. The molecule has 0 saturated heterocycles. The smallest absolute Gasteiger partial charge is 0.462 e. The number of H-pyrrole nitrogens is 1. The van der Waals surface area contributed by atoms with Crippen molar-refractivity contribution >= 4 is 14.1 Å². The van der Waals surface area contributed by atoms with Crippen molar-refractivity contribution in [3.8, 4) is 0 Å². The Kier molecular flexibility index (Phi) is 10.3. The first-order valence-corrected chi connectivity index (χ1v) is 10.0. The molecule has 1 aromatic rings. The maximum Gasteiger partial charge on any atom is 0.613 e. The lowest BCUT2D eigenvalue weighted by Crippen LogP contribution is -2.39. The van der Waals surface area contributed by atoms with Crippen LogP contribution in [0.3, 0.4) is 0 Å². The van der Waals surface area contributed by atoms with Crippen LogP contribution in [-0.4, -0.2) is 58.3 Å². The highest BCUT2D eigenvalue weighted by Crippen LogP contribution is 2.21. The van der Waals surface area contributed by atoms with E-state index in [1.807, 2.05) is 4.98 Å². The minimum Gasteiger partial charge on any atom is -0.462 e. The molecule has 0 saturated carbocycles. The van der Waals surface area contributed by atoms with Gasteiger partial charge in [-0.2, -0.15) is 0 Å². The number of nitrogens with zero attached hydrogens (tertiary/aromatic N) is 1. The second-order valence-electron chi connectivity index (χ2n) is 6.40. The zero-order valence-corrected chi connectivity index (χ0v) is 17.4. The number of aromatic amines is 1. The highest BCUT2D eigenvalue weighted by atomic mass is 31.1. The maximum absolute atomic E-state index is 12.9. The zero-order chi connectivity index (χ0) is 22.1. The molecule has 0 radical (unpaired) electrons. The van der Waals surface area contributed by atoms with Crippen LogP contribution in [0.1, 0.15) is 33.9 Å². The van der Waals surface area contributed by atoms with Gasteiger partial charge in [-0.05, 0) is 32.3 Å². The molecular formula is C16H26FN3O8P+. The molecule has 1 aromatic heterocycles. The highest BCUT2D eigenvalue weighted by Gasteiger charge is 2.32. The second-order valence-corrected chi connectivity index (χ2v) is 7.43. The van der Waals surface area contributed by atoms with Crippen LogP contribution >= 0.6 is 8.18 Å². The number of halogens is 1. The molecular weight excluding hydrogens is 412 g/mol. The summed E-state index contributed by atoms with van der Waals surface area (Å²) in [6.07, 6.45) is -3.08. The first-order valence-electron chi connectivity index (χ1n) is 8.83. The van der Waals surface area contributed by atoms with E-state index in [0.29, 0.717) is 0 Å². The molecule has 1 unspecified atom stereocenters. The Morgan fingerprint density at radius 2 is 2.00 bits per heavy atom. The quantitative estimate of drug-likeness (QED) is 0.311. The standard InChI is InChI=1S/C16H25FN3O8P/c1-9(2)27-15(23)10(3)19-29(25)26-8-13(12(21)7-17)28-11(4)20-6-5-14(22)18-16(20)24/h5-6,9-13,21H,7-8H2,1-4H3,(H-,18,19,22,24,25)/p+1/t10-,11+,12-,13+/m0/s1. The molecule has 0 aliphatic heterocycles. The van der Waals surface area contributed by atoms with Crippen molar-refractivity contribution < 1.29 is 32.9 Å². The Bertz CT molecular complexity index is 799. The molecule has 164 valence electrons. The SMILES string of the molecule is CC(C)OC(=O)[C@H](C)N[P+](=O)OC[C@@H](O[C@H](C)n1ccc(=O)[nH]c1=O)[C@@H](O)CF. The topological polar surface area (TPSA) is 149 Å². The van der Waals surface area contributed by atoms with E-state index >= 15 is 0 Å². The van der Waals surface area contributed by atoms with Gasteiger partial charge in [-0.25, -0.2) is 9.18 Å². The number of ether oxygens (including phenoxy) is 2. The largest absolute Gasteiger partial charge is 0.613 e. The fraction of sp³-hybridized carbons (Fsp3) is 0.688. The predicted octanol–water partition coefficient (Wildman–Crippen LogP) is 0.374.